The van der Waals surface area contributed by atoms with Crippen LogP contribution in [0.2, 0.25) is 0 Å². The Labute approximate surface area is 64.0 Å². The van der Waals surface area contributed by atoms with Gasteiger partial charge in [-0.15, -0.1) is 0 Å². The molecule has 0 aromatic carbocycles. The molecule has 1 rings (SSSR count). The number of alkyl halides is 1. The van der Waals surface area contributed by atoms with Crippen LogP contribution in [0.3, 0.4) is 0 Å². The number of urea groups is 1. The van der Waals surface area contributed by atoms with E-state index in [2.05, 4.69) is 5.32 Å². The SMILES string of the molecule is CNC(=O)N1C[C@@H](O)[C@H](F)C1. The molecule has 2 N–H and O–H groups in total. The lowest BCUT2D eigenvalue weighted by Crippen LogP contribution is -2.36. The van der Waals surface area contributed by atoms with Crippen molar-refractivity contribution in [2.75, 3.05) is 20.1 Å². The molecule has 0 bridgehead atoms. The van der Waals surface area contributed by atoms with Gasteiger partial charge in [0, 0.05) is 7.05 Å². The van der Waals surface area contributed by atoms with E-state index in [1.54, 1.807) is 0 Å². The van der Waals surface area contributed by atoms with Gasteiger partial charge in [-0.2, -0.15) is 0 Å². The Bertz CT molecular complexity index is 155. The van der Waals surface area contributed by atoms with E-state index in [4.69, 9.17) is 5.11 Å². The van der Waals surface area contributed by atoms with Crippen LogP contribution >= 0.6 is 0 Å². The van der Waals surface area contributed by atoms with Crippen LogP contribution in [0.1, 0.15) is 0 Å². The largest absolute Gasteiger partial charge is 0.388 e. The van der Waals surface area contributed by atoms with Gasteiger partial charge in [0.1, 0.15) is 12.3 Å². The zero-order valence-electron chi connectivity index (χ0n) is 6.25. The smallest absolute Gasteiger partial charge is 0.317 e. The molecular weight excluding hydrogens is 151 g/mol. The highest BCUT2D eigenvalue weighted by Crippen LogP contribution is 2.12. The standard InChI is InChI=1S/C6H11FN2O2/c1-8-6(11)9-2-4(7)5(10)3-9/h4-5,10H,2-3H2,1H3,(H,8,11)/t4-,5-/m1/s1. The first-order valence-electron chi connectivity index (χ1n) is 3.44. The summed E-state index contributed by atoms with van der Waals surface area (Å²) in [6.07, 6.45) is -2.32. The van der Waals surface area contributed by atoms with Gasteiger partial charge in [-0.25, -0.2) is 9.18 Å². The predicted molar refractivity (Wildman–Crippen MR) is 36.9 cm³/mol. The van der Waals surface area contributed by atoms with E-state index in [9.17, 15) is 9.18 Å². The van der Waals surface area contributed by atoms with Crippen LogP contribution < -0.4 is 5.32 Å². The van der Waals surface area contributed by atoms with E-state index in [0.29, 0.717) is 0 Å². The highest BCUT2D eigenvalue weighted by Gasteiger charge is 2.33. The molecule has 0 unspecified atom stereocenters. The lowest BCUT2D eigenvalue weighted by molar-refractivity contribution is 0.116. The summed E-state index contributed by atoms with van der Waals surface area (Å²) in [7, 11) is 1.47. The number of aliphatic hydroxyl groups is 1. The monoisotopic (exact) mass is 162 g/mol. The Hall–Kier alpha value is -0.840. The number of β-amino-alcohol motifs (C(OH)–C–C–N with tert-alkyl or cyclic N) is 1. The lowest BCUT2D eigenvalue weighted by atomic mass is 10.3. The van der Waals surface area contributed by atoms with Crippen molar-refractivity contribution in [2.24, 2.45) is 0 Å². The molecule has 1 aliphatic rings. The fraction of sp³-hybridized carbons (Fsp3) is 0.833. The fourth-order valence-electron chi connectivity index (χ4n) is 1.07. The van der Waals surface area contributed by atoms with Gasteiger partial charge in [0.05, 0.1) is 13.1 Å². The Morgan fingerprint density at radius 3 is 2.73 bits per heavy atom. The Kier molecular flexibility index (Phi) is 2.28. The third kappa shape index (κ3) is 1.59. The average Bonchev–Trinajstić information content (AvgIpc) is 2.31. The molecule has 5 heteroatoms. The minimum absolute atomic E-state index is 0.0131. The number of carbonyl (C=O) groups excluding carboxylic acids is 1. The van der Waals surface area contributed by atoms with Crippen LogP contribution in [0.25, 0.3) is 0 Å². The first-order chi connectivity index (χ1) is 5.15. The average molecular weight is 162 g/mol. The molecule has 1 aliphatic heterocycles. The van der Waals surface area contributed by atoms with Crippen molar-refractivity contribution in [3.05, 3.63) is 0 Å². The molecule has 0 aliphatic carbocycles. The van der Waals surface area contributed by atoms with Gasteiger partial charge in [0.2, 0.25) is 0 Å². The third-order valence-electron chi connectivity index (χ3n) is 1.72. The Morgan fingerprint density at radius 1 is 1.73 bits per heavy atom. The predicted octanol–water partition coefficient (Wildman–Crippen LogP) is -0.660. The first kappa shape index (κ1) is 8.26. The molecule has 2 atom stereocenters. The normalized spacial score (nSPS) is 30.6. The number of carbonyl (C=O) groups is 1. The van der Waals surface area contributed by atoms with Crippen molar-refractivity contribution in [1.29, 1.82) is 0 Å². The number of likely N-dealkylation sites (tertiary alicyclic amines) is 1. The summed E-state index contributed by atoms with van der Waals surface area (Å²) in [4.78, 5) is 12.1. The molecule has 1 saturated heterocycles. The van der Waals surface area contributed by atoms with Gasteiger partial charge >= 0.3 is 6.03 Å². The molecule has 64 valence electrons. The Balaban J connectivity index is 2.46. The van der Waals surface area contributed by atoms with E-state index in [0.717, 1.165) is 0 Å². The van der Waals surface area contributed by atoms with Gasteiger partial charge in [-0.1, -0.05) is 0 Å². The van der Waals surface area contributed by atoms with Crippen LogP contribution in [0.5, 0.6) is 0 Å². The van der Waals surface area contributed by atoms with Gasteiger partial charge < -0.3 is 15.3 Å². The van der Waals surface area contributed by atoms with Crippen LogP contribution in [0.15, 0.2) is 0 Å². The lowest BCUT2D eigenvalue weighted by Gasteiger charge is -2.13. The zero-order valence-corrected chi connectivity index (χ0v) is 6.25. The van der Waals surface area contributed by atoms with Gasteiger partial charge in [-0.3, -0.25) is 0 Å². The maximum atomic E-state index is 12.6. The van der Waals surface area contributed by atoms with Crippen molar-refractivity contribution in [2.45, 2.75) is 12.3 Å². The summed E-state index contributed by atoms with van der Waals surface area (Å²) < 4.78 is 12.6. The zero-order chi connectivity index (χ0) is 8.43. The summed E-state index contributed by atoms with van der Waals surface area (Å²) in [6.45, 7) is 0.0711. The number of amides is 2. The number of hydrogen-bond donors (Lipinski definition) is 2. The van der Waals surface area contributed by atoms with Crippen molar-refractivity contribution < 1.29 is 14.3 Å². The molecule has 4 nitrogen and oxygen atoms in total. The van der Waals surface area contributed by atoms with E-state index in [1.165, 1.54) is 11.9 Å². The van der Waals surface area contributed by atoms with Crippen molar-refractivity contribution in [1.82, 2.24) is 10.2 Å². The second-order valence-electron chi connectivity index (χ2n) is 2.54. The highest BCUT2D eigenvalue weighted by atomic mass is 19.1. The molecule has 0 saturated carbocycles. The van der Waals surface area contributed by atoms with Crippen LogP contribution in [-0.2, 0) is 0 Å². The maximum absolute atomic E-state index is 12.6. The molecule has 0 spiro atoms. The second-order valence-corrected chi connectivity index (χ2v) is 2.54. The van der Waals surface area contributed by atoms with Crippen molar-refractivity contribution in [3.8, 4) is 0 Å². The van der Waals surface area contributed by atoms with Gasteiger partial charge in [-0.05, 0) is 0 Å². The number of halogens is 1. The summed E-state index contributed by atoms with van der Waals surface area (Å²) in [5, 5.41) is 11.3. The fourth-order valence-corrected chi connectivity index (χ4v) is 1.07. The topological polar surface area (TPSA) is 52.6 Å². The summed E-state index contributed by atoms with van der Waals surface area (Å²) in [5.41, 5.74) is 0. The number of nitrogens with zero attached hydrogens (tertiary/aromatic N) is 1. The first-order valence-corrected chi connectivity index (χ1v) is 3.44. The quantitative estimate of drug-likeness (QED) is 0.497. The van der Waals surface area contributed by atoms with Crippen LogP contribution in [0, 0.1) is 0 Å². The van der Waals surface area contributed by atoms with E-state index >= 15 is 0 Å². The van der Waals surface area contributed by atoms with Crippen LogP contribution in [0.4, 0.5) is 9.18 Å². The highest BCUT2D eigenvalue weighted by molar-refractivity contribution is 5.74. The molecular formula is C6H11FN2O2. The van der Waals surface area contributed by atoms with E-state index < -0.39 is 12.3 Å². The maximum Gasteiger partial charge on any atom is 0.317 e. The molecule has 11 heavy (non-hydrogen) atoms. The summed E-state index contributed by atoms with van der Waals surface area (Å²) in [6, 6.07) is -0.343. The molecule has 0 aromatic heterocycles. The third-order valence-corrected chi connectivity index (χ3v) is 1.72. The minimum atomic E-state index is -1.30. The number of hydrogen-bond acceptors (Lipinski definition) is 2. The number of aliphatic hydroxyl groups excluding tert-OH is 1. The molecule has 1 heterocycles. The van der Waals surface area contributed by atoms with E-state index in [1.807, 2.05) is 0 Å². The second kappa shape index (κ2) is 3.04. The molecule has 0 radical (unpaired) electrons. The molecule has 0 aromatic rings. The number of rotatable bonds is 0. The van der Waals surface area contributed by atoms with Gasteiger partial charge in [0.25, 0.3) is 0 Å². The van der Waals surface area contributed by atoms with Crippen molar-refractivity contribution in [3.63, 3.8) is 0 Å². The minimum Gasteiger partial charge on any atom is -0.388 e. The Morgan fingerprint density at radius 2 is 2.36 bits per heavy atom. The van der Waals surface area contributed by atoms with Crippen LogP contribution in [-0.4, -0.2) is 48.5 Å². The van der Waals surface area contributed by atoms with Gasteiger partial charge in [0.15, 0.2) is 0 Å². The van der Waals surface area contributed by atoms with Crippen molar-refractivity contribution >= 4 is 6.03 Å². The van der Waals surface area contributed by atoms with E-state index in [-0.39, 0.29) is 19.1 Å². The number of nitrogens with one attached hydrogen (secondary N) is 1. The summed E-state index contributed by atoms with van der Waals surface area (Å²) >= 11 is 0. The molecule has 2 amide bonds. The molecule has 1 fully saturated rings. The summed E-state index contributed by atoms with van der Waals surface area (Å²) in [5.74, 6) is 0.